The maximum absolute atomic E-state index is 14.1. The molecule has 1 saturated carbocycles. The first-order valence-electron chi connectivity index (χ1n) is 8.46. The zero-order valence-corrected chi connectivity index (χ0v) is 16.2. The van der Waals surface area contributed by atoms with Gasteiger partial charge in [-0.3, -0.25) is 4.79 Å². The van der Waals surface area contributed by atoms with E-state index < -0.39 is 17.5 Å². The van der Waals surface area contributed by atoms with Gasteiger partial charge in [0.1, 0.15) is 22.9 Å². The number of benzene rings is 2. The van der Waals surface area contributed by atoms with Crippen molar-refractivity contribution in [2.24, 2.45) is 5.73 Å². The SMILES string of the molecule is NC(=O)c1c(Nc2ccc(I)cc2F)cc(F)cc1OC1CCCCC1. The molecule has 1 aliphatic rings. The van der Waals surface area contributed by atoms with Crippen LogP contribution in [0.3, 0.4) is 0 Å². The van der Waals surface area contributed by atoms with E-state index in [-0.39, 0.29) is 28.8 Å². The summed E-state index contributed by atoms with van der Waals surface area (Å²) in [5, 5.41) is 2.77. The number of carbonyl (C=O) groups excluding carboxylic acids is 1. The number of rotatable bonds is 5. The molecule has 1 fully saturated rings. The van der Waals surface area contributed by atoms with Gasteiger partial charge in [0.2, 0.25) is 0 Å². The van der Waals surface area contributed by atoms with E-state index in [1.807, 2.05) is 22.6 Å². The number of amides is 1. The summed E-state index contributed by atoms with van der Waals surface area (Å²) in [5.74, 6) is -1.76. The third-order valence-electron chi connectivity index (χ3n) is 4.36. The lowest BCUT2D eigenvalue weighted by Gasteiger charge is -2.25. The summed E-state index contributed by atoms with van der Waals surface area (Å²) in [5.41, 5.74) is 5.75. The van der Waals surface area contributed by atoms with Gasteiger partial charge in [0.05, 0.1) is 17.5 Å². The summed E-state index contributed by atoms with van der Waals surface area (Å²) in [6, 6.07) is 6.84. The van der Waals surface area contributed by atoms with Gasteiger partial charge in [-0.05, 0) is 72.5 Å². The van der Waals surface area contributed by atoms with Crippen LogP contribution in [-0.2, 0) is 0 Å². The molecule has 0 radical (unpaired) electrons. The lowest BCUT2D eigenvalue weighted by atomic mass is 9.97. The number of halogens is 3. The molecule has 2 aromatic carbocycles. The van der Waals surface area contributed by atoms with Crippen molar-refractivity contribution in [2.45, 2.75) is 38.2 Å². The third-order valence-corrected chi connectivity index (χ3v) is 5.03. The van der Waals surface area contributed by atoms with Crippen molar-refractivity contribution in [1.82, 2.24) is 0 Å². The summed E-state index contributed by atoms with van der Waals surface area (Å²) in [6.07, 6.45) is 4.83. The van der Waals surface area contributed by atoms with Gasteiger partial charge in [-0.1, -0.05) is 6.42 Å². The Balaban J connectivity index is 1.96. The van der Waals surface area contributed by atoms with Crippen LogP contribution in [0, 0.1) is 15.2 Å². The summed E-state index contributed by atoms with van der Waals surface area (Å²) in [7, 11) is 0. The van der Waals surface area contributed by atoms with E-state index in [1.165, 1.54) is 12.1 Å². The van der Waals surface area contributed by atoms with Crippen molar-refractivity contribution in [1.29, 1.82) is 0 Å². The molecule has 1 aliphatic carbocycles. The van der Waals surface area contributed by atoms with Gasteiger partial charge in [-0.25, -0.2) is 8.78 Å². The molecule has 0 aromatic heterocycles. The smallest absolute Gasteiger partial charge is 0.254 e. The summed E-state index contributed by atoms with van der Waals surface area (Å²) >= 11 is 1.99. The van der Waals surface area contributed by atoms with E-state index >= 15 is 0 Å². The molecule has 7 heteroatoms. The van der Waals surface area contributed by atoms with Crippen molar-refractivity contribution in [2.75, 3.05) is 5.32 Å². The van der Waals surface area contributed by atoms with Crippen LogP contribution < -0.4 is 15.8 Å². The van der Waals surface area contributed by atoms with E-state index in [4.69, 9.17) is 10.5 Å². The highest BCUT2D eigenvalue weighted by molar-refractivity contribution is 14.1. The Kier molecular flexibility index (Phi) is 5.95. The maximum Gasteiger partial charge on any atom is 0.254 e. The van der Waals surface area contributed by atoms with Crippen LogP contribution in [0.2, 0.25) is 0 Å². The molecule has 0 saturated heterocycles. The fourth-order valence-electron chi connectivity index (χ4n) is 3.13. The Hall–Kier alpha value is -1.90. The topological polar surface area (TPSA) is 64.4 Å². The second-order valence-electron chi connectivity index (χ2n) is 6.32. The Morgan fingerprint density at radius 1 is 1.12 bits per heavy atom. The van der Waals surface area contributed by atoms with Crippen LogP contribution in [-0.4, -0.2) is 12.0 Å². The minimum Gasteiger partial charge on any atom is -0.489 e. The molecule has 4 nitrogen and oxygen atoms in total. The number of nitrogens with one attached hydrogen (secondary N) is 1. The summed E-state index contributed by atoms with van der Waals surface area (Å²) < 4.78 is 34.9. The highest BCUT2D eigenvalue weighted by atomic mass is 127. The van der Waals surface area contributed by atoms with Crippen LogP contribution in [0.15, 0.2) is 30.3 Å². The largest absolute Gasteiger partial charge is 0.489 e. The Morgan fingerprint density at radius 2 is 1.85 bits per heavy atom. The fraction of sp³-hybridized carbons (Fsp3) is 0.316. The number of primary amides is 1. The average molecular weight is 472 g/mol. The van der Waals surface area contributed by atoms with E-state index in [0.717, 1.165) is 47.8 Å². The molecular weight excluding hydrogens is 453 g/mol. The van der Waals surface area contributed by atoms with E-state index in [0.29, 0.717) is 0 Å². The normalized spacial score (nSPS) is 14.9. The lowest BCUT2D eigenvalue weighted by Crippen LogP contribution is -2.23. The predicted octanol–water partition coefficient (Wildman–Crippen LogP) is 5.12. The molecule has 0 aliphatic heterocycles. The number of hydrogen-bond acceptors (Lipinski definition) is 3. The zero-order valence-electron chi connectivity index (χ0n) is 14.0. The number of nitrogens with two attached hydrogens (primary N) is 1. The first-order chi connectivity index (χ1) is 12.4. The second kappa shape index (κ2) is 8.20. The van der Waals surface area contributed by atoms with Crippen LogP contribution in [0.5, 0.6) is 5.75 Å². The summed E-state index contributed by atoms with van der Waals surface area (Å²) in [6.45, 7) is 0. The van der Waals surface area contributed by atoms with E-state index in [2.05, 4.69) is 5.32 Å². The van der Waals surface area contributed by atoms with Gasteiger partial charge in [0.25, 0.3) is 5.91 Å². The van der Waals surface area contributed by atoms with Crippen LogP contribution >= 0.6 is 22.6 Å². The van der Waals surface area contributed by atoms with Crippen LogP contribution in [0.1, 0.15) is 42.5 Å². The molecular formula is C19H19F2IN2O2. The Morgan fingerprint density at radius 3 is 2.50 bits per heavy atom. The lowest BCUT2D eigenvalue weighted by molar-refractivity contribution is 0.0989. The Labute approximate surface area is 164 Å². The van der Waals surface area contributed by atoms with Gasteiger partial charge in [0, 0.05) is 9.64 Å². The van der Waals surface area contributed by atoms with Gasteiger partial charge in [-0.15, -0.1) is 0 Å². The minimum atomic E-state index is -0.760. The highest BCUT2D eigenvalue weighted by Crippen LogP contribution is 2.33. The monoisotopic (exact) mass is 472 g/mol. The first kappa shape index (κ1) is 18.9. The molecule has 0 atom stereocenters. The molecule has 0 bridgehead atoms. The molecule has 3 N–H and O–H groups in total. The number of carbonyl (C=O) groups is 1. The standard InChI is InChI=1S/C19H19F2IN2O2/c20-11-8-16(24-15-7-6-12(22)10-14(15)21)18(19(23)25)17(9-11)26-13-4-2-1-3-5-13/h6-10,13,24H,1-5H2,(H2,23,25). The number of hydrogen-bond donors (Lipinski definition) is 2. The van der Waals surface area contributed by atoms with Crippen molar-refractivity contribution in [3.63, 3.8) is 0 Å². The van der Waals surface area contributed by atoms with E-state index in [9.17, 15) is 13.6 Å². The van der Waals surface area contributed by atoms with Crippen molar-refractivity contribution in [3.05, 3.63) is 51.1 Å². The average Bonchev–Trinajstić information content (AvgIpc) is 2.57. The highest BCUT2D eigenvalue weighted by Gasteiger charge is 2.22. The summed E-state index contributed by atoms with van der Waals surface area (Å²) in [4.78, 5) is 12.0. The molecule has 0 heterocycles. The number of anilines is 2. The van der Waals surface area contributed by atoms with Crippen molar-refractivity contribution < 1.29 is 18.3 Å². The fourth-order valence-corrected chi connectivity index (χ4v) is 3.58. The first-order valence-corrected chi connectivity index (χ1v) is 9.54. The molecule has 1 amide bonds. The third kappa shape index (κ3) is 4.44. The predicted molar refractivity (Wildman–Crippen MR) is 105 cm³/mol. The molecule has 2 aromatic rings. The minimum absolute atomic E-state index is 0.0231. The molecule has 0 unspecified atom stereocenters. The second-order valence-corrected chi connectivity index (χ2v) is 7.56. The van der Waals surface area contributed by atoms with Gasteiger partial charge >= 0.3 is 0 Å². The van der Waals surface area contributed by atoms with Crippen molar-refractivity contribution >= 4 is 39.9 Å². The Bertz CT molecular complexity index is 823. The maximum atomic E-state index is 14.1. The van der Waals surface area contributed by atoms with Gasteiger partial charge in [0.15, 0.2) is 0 Å². The molecule has 3 rings (SSSR count). The molecule has 138 valence electrons. The number of ether oxygens (including phenoxy) is 1. The van der Waals surface area contributed by atoms with Gasteiger partial charge in [-0.2, -0.15) is 0 Å². The van der Waals surface area contributed by atoms with Gasteiger partial charge < -0.3 is 15.8 Å². The quantitative estimate of drug-likeness (QED) is 0.594. The van der Waals surface area contributed by atoms with E-state index in [1.54, 1.807) is 6.07 Å². The molecule has 0 spiro atoms. The van der Waals surface area contributed by atoms with Crippen LogP contribution in [0.4, 0.5) is 20.2 Å². The molecule has 26 heavy (non-hydrogen) atoms. The van der Waals surface area contributed by atoms with Crippen LogP contribution in [0.25, 0.3) is 0 Å². The van der Waals surface area contributed by atoms with Crippen molar-refractivity contribution in [3.8, 4) is 5.75 Å². The zero-order chi connectivity index (χ0) is 18.7.